The summed E-state index contributed by atoms with van der Waals surface area (Å²) in [6.07, 6.45) is 0.734. The Hall–Kier alpha value is -0.950. The fourth-order valence-electron chi connectivity index (χ4n) is 3.73. The molecule has 0 spiro atoms. The van der Waals surface area contributed by atoms with Gasteiger partial charge in [0.25, 0.3) is 0 Å². The average molecular weight is 323 g/mol. The van der Waals surface area contributed by atoms with Crippen LogP contribution >= 0.6 is 0 Å². The summed E-state index contributed by atoms with van der Waals surface area (Å²) in [5.41, 5.74) is 9.88. The van der Waals surface area contributed by atoms with Gasteiger partial charge in [0.05, 0.1) is 11.5 Å². The van der Waals surface area contributed by atoms with Crippen molar-refractivity contribution in [1.29, 1.82) is 0 Å². The van der Waals surface area contributed by atoms with Gasteiger partial charge in [0.15, 0.2) is 9.84 Å². The average Bonchev–Trinajstić information content (AvgIpc) is 2.97. The van der Waals surface area contributed by atoms with Crippen LogP contribution in [0.15, 0.2) is 18.2 Å². The van der Waals surface area contributed by atoms with Crippen molar-refractivity contribution in [2.24, 2.45) is 5.73 Å². The molecule has 1 aromatic carbocycles. The highest BCUT2D eigenvalue weighted by Gasteiger charge is 2.39. The molecule has 2 unspecified atom stereocenters. The van der Waals surface area contributed by atoms with Crippen molar-refractivity contribution < 1.29 is 8.42 Å². The molecule has 0 amide bonds. The predicted molar refractivity (Wildman–Crippen MR) is 88.2 cm³/mol. The van der Waals surface area contributed by atoms with Crippen LogP contribution in [0.4, 0.5) is 0 Å². The number of nitrogens with zero attached hydrogens (tertiary/aromatic N) is 2. The molecule has 122 valence electrons. The van der Waals surface area contributed by atoms with E-state index in [1.165, 1.54) is 16.7 Å². The number of nitrogens with two attached hydrogens (primary N) is 1. The fraction of sp³-hybridized carbons (Fsp3) is 0.625. The maximum atomic E-state index is 11.8. The number of hydrogen-bond acceptors (Lipinski definition) is 5. The molecule has 6 heteroatoms. The number of benzene rings is 1. The summed E-state index contributed by atoms with van der Waals surface area (Å²) in [6, 6.07) is 6.86. The van der Waals surface area contributed by atoms with E-state index in [0.29, 0.717) is 12.3 Å². The van der Waals surface area contributed by atoms with Crippen molar-refractivity contribution in [3.63, 3.8) is 0 Å². The minimum atomic E-state index is -2.87. The Labute approximate surface area is 133 Å². The lowest BCUT2D eigenvalue weighted by Crippen LogP contribution is -2.37. The van der Waals surface area contributed by atoms with Crippen LogP contribution in [-0.4, -0.2) is 56.4 Å². The zero-order chi connectivity index (χ0) is 15.9. The molecular formula is C16H25N3O2S. The van der Waals surface area contributed by atoms with Gasteiger partial charge in [0.1, 0.15) is 0 Å². The molecule has 0 bridgehead atoms. The summed E-state index contributed by atoms with van der Waals surface area (Å²) < 4.78 is 23.6. The van der Waals surface area contributed by atoms with Crippen molar-refractivity contribution in [2.75, 3.05) is 32.1 Å². The summed E-state index contributed by atoms with van der Waals surface area (Å²) in [6.45, 7) is 2.26. The van der Waals surface area contributed by atoms with E-state index in [1.807, 2.05) is 0 Å². The maximum absolute atomic E-state index is 11.8. The van der Waals surface area contributed by atoms with E-state index in [0.717, 1.165) is 19.5 Å². The first kappa shape index (κ1) is 15.9. The third-order valence-electron chi connectivity index (χ3n) is 4.72. The van der Waals surface area contributed by atoms with Crippen LogP contribution < -0.4 is 5.73 Å². The highest BCUT2D eigenvalue weighted by atomic mass is 32.2. The molecule has 2 atom stereocenters. The van der Waals surface area contributed by atoms with E-state index >= 15 is 0 Å². The molecule has 3 rings (SSSR count). The third-order valence-corrected chi connectivity index (χ3v) is 6.47. The van der Waals surface area contributed by atoms with Crippen LogP contribution in [-0.2, 0) is 22.9 Å². The smallest absolute Gasteiger partial charge is 0.151 e. The minimum Gasteiger partial charge on any atom is -0.329 e. The molecule has 2 aliphatic rings. The molecule has 5 nitrogen and oxygen atoms in total. The summed E-state index contributed by atoms with van der Waals surface area (Å²) in [7, 11) is 1.25. The van der Waals surface area contributed by atoms with Gasteiger partial charge in [-0.1, -0.05) is 18.2 Å². The van der Waals surface area contributed by atoms with Gasteiger partial charge in [-0.3, -0.25) is 4.90 Å². The van der Waals surface area contributed by atoms with Crippen LogP contribution in [0.25, 0.3) is 0 Å². The van der Waals surface area contributed by atoms with Crippen molar-refractivity contribution >= 4 is 9.84 Å². The van der Waals surface area contributed by atoms with Crippen molar-refractivity contribution in [1.82, 2.24) is 9.80 Å². The van der Waals surface area contributed by atoms with Gasteiger partial charge < -0.3 is 10.6 Å². The first-order valence-electron chi connectivity index (χ1n) is 7.82. The Kier molecular flexibility index (Phi) is 4.29. The molecule has 22 heavy (non-hydrogen) atoms. The second kappa shape index (κ2) is 5.92. The van der Waals surface area contributed by atoms with Crippen LogP contribution in [0.1, 0.15) is 29.2 Å². The van der Waals surface area contributed by atoms with Crippen LogP contribution in [0.5, 0.6) is 0 Å². The second-order valence-corrected chi connectivity index (χ2v) is 8.98. The molecule has 2 aliphatic heterocycles. The van der Waals surface area contributed by atoms with E-state index in [4.69, 9.17) is 5.73 Å². The lowest BCUT2D eigenvalue weighted by Gasteiger charge is -2.29. The highest BCUT2D eigenvalue weighted by Crippen LogP contribution is 2.37. The van der Waals surface area contributed by atoms with E-state index in [9.17, 15) is 8.42 Å². The summed E-state index contributed by atoms with van der Waals surface area (Å²) in [5.74, 6) is 0.593. The lowest BCUT2D eigenvalue weighted by atomic mass is 10.0. The third kappa shape index (κ3) is 3.06. The van der Waals surface area contributed by atoms with E-state index < -0.39 is 9.84 Å². The minimum absolute atomic E-state index is 0.114. The molecule has 1 saturated heterocycles. The number of fused-ring (bicyclic) bond motifs is 1. The van der Waals surface area contributed by atoms with Crippen molar-refractivity contribution in [2.45, 2.75) is 31.6 Å². The largest absolute Gasteiger partial charge is 0.329 e. The topological polar surface area (TPSA) is 66.6 Å². The Morgan fingerprint density at radius 1 is 1.36 bits per heavy atom. The van der Waals surface area contributed by atoms with Crippen LogP contribution in [0, 0.1) is 0 Å². The fourth-order valence-corrected chi connectivity index (χ4v) is 5.47. The van der Waals surface area contributed by atoms with Crippen LogP contribution in [0.2, 0.25) is 0 Å². The molecular weight excluding hydrogens is 298 g/mol. The molecule has 0 aliphatic carbocycles. The Bertz CT molecular complexity index is 657. The van der Waals surface area contributed by atoms with Gasteiger partial charge in [-0.2, -0.15) is 0 Å². The quantitative estimate of drug-likeness (QED) is 0.886. The van der Waals surface area contributed by atoms with Crippen LogP contribution in [0.3, 0.4) is 0 Å². The summed E-state index contributed by atoms with van der Waals surface area (Å²) in [4.78, 5) is 4.45. The zero-order valence-corrected chi connectivity index (χ0v) is 14.1. The van der Waals surface area contributed by atoms with Gasteiger partial charge in [-0.05, 0) is 37.2 Å². The SMILES string of the molecule is CN(C)Cc1ccc2c(c1)C(CN)N(C1CCS(=O)(=O)C1)C2. The van der Waals surface area contributed by atoms with E-state index in [1.54, 1.807) is 0 Å². The Balaban J connectivity index is 1.85. The molecule has 2 heterocycles. The lowest BCUT2D eigenvalue weighted by molar-refractivity contribution is 0.164. The molecule has 0 radical (unpaired) electrons. The number of rotatable bonds is 4. The normalized spacial score (nSPS) is 27.5. The van der Waals surface area contributed by atoms with Gasteiger partial charge in [-0.15, -0.1) is 0 Å². The second-order valence-electron chi connectivity index (χ2n) is 6.75. The summed E-state index contributed by atoms with van der Waals surface area (Å²) in [5, 5.41) is 0. The van der Waals surface area contributed by atoms with E-state index in [2.05, 4.69) is 42.1 Å². The molecule has 0 saturated carbocycles. The van der Waals surface area contributed by atoms with Gasteiger partial charge in [0, 0.05) is 31.7 Å². The Morgan fingerprint density at radius 3 is 2.73 bits per heavy atom. The molecule has 2 N–H and O–H groups in total. The molecule has 0 aromatic heterocycles. The first-order chi connectivity index (χ1) is 10.4. The molecule has 1 fully saturated rings. The first-order valence-corrected chi connectivity index (χ1v) is 9.64. The standard InChI is InChI=1S/C16H25N3O2S/c1-18(2)9-12-3-4-13-10-19(16(8-17)15(13)7-12)14-5-6-22(20,21)11-14/h3-4,7,14,16H,5-6,8-11,17H2,1-2H3. The van der Waals surface area contributed by atoms with Gasteiger partial charge in [-0.25, -0.2) is 8.42 Å². The monoisotopic (exact) mass is 323 g/mol. The number of hydrogen-bond donors (Lipinski definition) is 1. The highest BCUT2D eigenvalue weighted by molar-refractivity contribution is 7.91. The maximum Gasteiger partial charge on any atom is 0.151 e. The van der Waals surface area contributed by atoms with Gasteiger partial charge >= 0.3 is 0 Å². The summed E-state index contributed by atoms with van der Waals surface area (Å²) >= 11 is 0. The van der Waals surface area contributed by atoms with Crippen molar-refractivity contribution in [3.8, 4) is 0 Å². The molecule has 1 aromatic rings. The zero-order valence-electron chi connectivity index (χ0n) is 13.3. The Morgan fingerprint density at radius 2 is 2.14 bits per heavy atom. The number of sulfone groups is 1. The van der Waals surface area contributed by atoms with Gasteiger partial charge in [0.2, 0.25) is 0 Å². The van der Waals surface area contributed by atoms with Crippen molar-refractivity contribution in [3.05, 3.63) is 34.9 Å². The van der Waals surface area contributed by atoms with E-state index in [-0.39, 0.29) is 17.8 Å². The predicted octanol–water partition coefficient (Wildman–Crippen LogP) is 0.751.